The molecule has 33 heavy (non-hydrogen) atoms. The van der Waals surface area contributed by atoms with E-state index in [4.69, 9.17) is 17.0 Å². The molecule has 0 aliphatic heterocycles. The van der Waals surface area contributed by atoms with Crippen LogP contribution in [0.25, 0.3) is 0 Å². The Balaban J connectivity index is 1.44. The molecule has 8 nitrogen and oxygen atoms in total. The van der Waals surface area contributed by atoms with Gasteiger partial charge in [0.2, 0.25) is 5.91 Å². The highest BCUT2D eigenvalue weighted by Crippen LogP contribution is 2.25. The lowest BCUT2D eigenvalue weighted by molar-refractivity contribution is -0.120. The number of rotatable bonds is 6. The van der Waals surface area contributed by atoms with Crippen LogP contribution in [-0.2, 0) is 4.79 Å². The van der Waals surface area contributed by atoms with Crippen LogP contribution in [0.1, 0.15) is 59.7 Å². The van der Waals surface area contributed by atoms with Crippen molar-refractivity contribution in [3.05, 3.63) is 59.7 Å². The Labute approximate surface area is 198 Å². The molecule has 0 spiro atoms. The number of amides is 3. The SMILES string of the molecule is CCOc1ccc(C(=O)NC(=S)NNC(=O)c2ccc(NC(=O)C3CCCCC3)cc2)cc1. The van der Waals surface area contributed by atoms with Crippen molar-refractivity contribution in [3.63, 3.8) is 0 Å². The van der Waals surface area contributed by atoms with Gasteiger partial charge in [-0.3, -0.25) is 30.6 Å². The number of thiocarbonyl (C=S) groups is 1. The van der Waals surface area contributed by atoms with Gasteiger partial charge < -0.3 is 10.1 Å². The van der Waals surface area contributed by atoms with Crippen molar-refractivity contribution < 1.29 is 19.1 Å². The van der Waals surface area contributed by atoms with Crippen molar-refractivity contribution in [2.45, 2.75) is 39.0 Å². The molecule has 1 fully saturated rings. The predicted molar refractivity (Wildman–Crippen MR) is 130 cm³/mol. The van der Waals surface area contributed by atoms with Gasteiger partial charge in [-0.2, -0.15) is 0 Å². The average Bonchev–Trinajstić information content (AvgIpc) is 2.84. The van der Waals surface area contributed by atoms with Crippen molar-refractivity contribution in [2.24, 2.45) is 5.92 Å². The van der Waals surface area contributed by atoms with Gasteiger partial charge in [0, 0.05) is 22.7 Å². The Morgan fingerprint density at radius 3 is 2.12 bits per heavy atom. The molecule has 3 rings (SSSR count). The van der Waals surface area contributed by atoms with Gasteiger partial charge in [-0.1, -0.05) is 19.3 Å². The van der Waals surface area contributed by atoms with E-state index in [-0.39, 0.29) is 16.9 Å². The third-order valence-electron chi connectivity index (χ3n) is 5.33. The van der Waals surface area contributed by atoms with Crippen LogP contribution in [0.15, 0.2) is 48.5 Å². The zero-order chi connectivity index (χ0) is 23.6. The van der Waals surface area contributed by atoms with Crippen molar-refractivity contribution in [1.29, 1.82) is 0 Å². The third-order valence-corrected chi connectivity index (χ3v) is 5.54. The largest absolute Gasteiger partial charge is 0.494 e. The summed E-state index contributed by atoms with van der Waals surface area (Å²) in [5, 5.41) is 5.36. The van der Waals surface area contributed by atoms with E-state index in [9.17, 15) is 14.4 Å². The Kier molecular flexibility index (Phi) is 8.77. The lowest BCUT2D eigenvalue weighted by Crippen LogP contribution is -2.48. The summed E-state index contributed by atoms with van der Waals surface area (Å²) in [6.07, 6.45) is 5.22. The fourth-order valence-corrected chi connectivity index (χ4v) is 3.72. The van der Waals surface area contributed by atoms with Crippen molar-refractivity contribution in [3.8, 4) is 5.75 Å². The molecule has 0 saturated heterocycles. The highest BCUT2D eigenvalue weighted by Gasteiger charge is 2.21. The number of nitrogens with one attached hydrogen (secondary N) is 4. The minimum absolute atomic E-state index is 0.0298. The summed E-state index contributed by atoms with van der Waals surface area (Å²) in [5.41, 5.74) is 6.37. The summed E-state index contributed by atoms with van der Waals surface area (Å²) in [6, 6.07) is 13.2. The van der Waals surface area contributed by atoms with Crippen molar-refractivity contribution in [1.82, 2.24) is 16.2 Å². The van der Waals surface area contributed by atoms with Crippen molar-refractivity contribution >= 4 is 40.7 Å². The van der Waals surface area contributed by atoms with Crippen LogP contribution in [0.3, 0.4) is 0 Å². The fourth-order valence-electron chi connectivity index (χ4n) is 3.58. The number of ether oxygens (including phenoxy) is 1. The zero-order valence-corrected chi connectivity index (χ0v) is 19.3. The molecule has 174 valence electrons. The van der Waals surface area contributed by atoms with Crippen LogP contribution >= 0.6 is 12.2 Å². The molecule has 0 unspecified atom stereocenters. The number of hydrazine groups is 1. The number of carbonyl (C=O) groups is 3. The van der Waals surface area contributed by atoms with E-state index in [0.717, 1.165) is 25.7 Å². The molecule has 0 bridgehead atoms. The second kappa shape index (κ2) is 12.0. The summed E-state index contributed by atoms with van der Waals surface area (Å²) >= 11 is 5.07. The van der Waals surface area contributed by atoms with E-state index < -0.39 is 11.8 Å². The molecular weight excluding hydrogens is 440 g/mol. The van der Waals surface area contributed by atoms with Gasteiger partial charge in [0.25, 0.3) is 11.8 Å². The Bertz CT molecular complexity index is 987. The summed E-state index contributed by atoms with van der Waals surface area (Å²) in [5.74, 6) is -0.0887. The fraction of sp³-hybridized carbons (Fsp3) is 0.333. The Morgan fingerprint density at radius 2 is 1.48 bits per heavy atom. The smallest absolute Gasteiger partial charge is 0.269 e. The number of anilines is 1. The molecule has 4 N–H and O–H groups in total. The van der Waals surface area contributed by atoms with E-state index in [1.807, 2.05) is 6.92 Å². The van der Waals surface area contributed by atoms with Crippen LogP contribution in [0.2, 0.25) is 0 Å². The summed E-state index contributed by atoms with van der Waals surface area (Å²) < 4.78 is 5.34. The normalized spacial score (nSPS) is 13.5. The second-order valence-corrected chi connectivity index (χ2v) is 8.13. The first-order valence-corrected chi connectivity index (χ1v) is 11.4. The average molecular weight is 469 g/mol. The maximum atomic E-state index is 12.3. The van der Waals surface area contributed by atoms with Gasteiger partial charge in [-0.15, -0.1) is 0 Å². The monoisotopic (exact) mass is 468 g/mol. The van der Waals surface area contributed by atoms with Crippen molar-refractivity contribution in [2.75, 3.05) is 11.9 Å². The van der Waals surface area contributed by atoms with E-state index >= 15 is 0 Å². The minimum atomic E-state index is -0.433. The molecule has 0 aromatic heterocycles. The quantitative estimate of drug-likeness (QED) is 0.381. The molecule has 1 aliphatic rings. The second-order valence-electron chi connectivity index (χ2n) is 7.72. The topological polar surface area (TPSA) is 109 Å². The van der Waals surface area contributed by atoms with Crippen LogP contribution in [0.4, 0.5) is 5.69 Å². The maximum absolute atomic E-state index is 12.3. The predicted octanol–water partition coefficient (Wildman–Crippen LogP) is 3.55. The highest BCUT2D eigenvalue weighted by molar-refractivity contribution is 7.80. The number of benzene rings is 2. The first-order valence-electron chi connectivity index (χ1n) is 11.0. The first kappa shape index (κ1) is 24.2. The van der Waals surface area contributed by atoms with E-state index in [1.165, 1.54) is 6.42 Å². The lowest BCUT2D eigenvalue weighted by atomic mass is 9.88. The summed E-state index contributed by atoms with van der Waals surface area (Å²) in [4.78, 5) is 36.9. The molecule has 3 amide bonds. The summed E-state index contributed by atoms with van der Waals surface area (Å²) in [6.45, 7) is 2.42. The van der Waals surface area contributed by atoms with E-state index in [0.29, 0.717) is 29.2 Å². The molecule has 1 aliphatic carbocycles. The standard InChI is InChI=1S/C24H28N4O4S/c1-2-32-20-14-10-17(11-15-20)22(30)26-24(33)28-27-23(31)18-8-12-19(13-9-18)25-21(29)16-6-4-3-5-7-16/h8-16H,2-7H2,1H3,(H,25,29)(H,27,31)(H2,26,28,30,33). The van der Waals surface area contributed by atoms with Gasteiger partial charge in [0.15, 0.2) is 5.11 Å². The molecule has 2 aromatic carbocycles. The van der Waals surface area contributed by atoms with Crippen LogP contribution < -0.4 is 26.2 Å². The number of carbonyl (C=O) groups excluding carboxylic acids is 3. The van der Waals surface area contributed by atoms with Gasteiger partial charge >= 0.3 is 0 Å². The zero-order valence-electron chi connectivity index (χ0n) is 18.5. The Hall–Kier alpha value is -3.46. The van der Waals surface area contributed by atoms with Crippen LogP contribution in [0, 0.1) is 5.92 Å². The lowest BCUT2D eigenvalue weighted by Gasteiger charge is -2.20. The van der Waals surface area contributed by atoms with E-state index in [1.54, 1.807) is 48.5 Å². The van der Waals surface area contributed by atoms with Gasteiger partial charge in [-0.05, 0) is 80.5 Å². The molecular formula is C24H28N4O4S. The molecule has 1 saturated carbocycles. The number of hydrogen-bond donors (Lipinski definition) is 4. The maximum Gasteiger partial charge on any atom is 0.269 e. The number of hydrogen-bond acceptors (Lipinski definition) is 5. The highest BCUT2D eigenvalue weighted by atomic mass is 32.1. The van der Waals surface area contributed by atoms with Gasteiger partial charge in [0.1, 0.15) is 5.75 Å². The van der Waals surface area contributed by atoms with Crippen LogP contribution in [-0.4, -0.2) is 29.4 Å². The minimum Gasteiger partial charge on any atom is -0.494 e. The molecule has 0 atom stereocenters. The third kappa shape index (κ3) is 7.28. The molecule has 0 heterocycles. The first-order chi connectivity index (χ1) is 16.0. The Morgan fingerprint density at radius 1 is 0.879 bits per heavy atom. The molecule has 9 heteroatoms. The molecule has 0 radical (unpaired) electrons. The summed E-state index contributed by atoms with van der Waals surface area (Å²) in [7, 11) is 0. The van der Waals surface area contributed by atoms with Crippen LogP contribution in [0.5, 0.6) is 5.75 Å². The van der Waals surface area contributed by atoms with E-state index in [2.05, 4.69) is 21.5 Å². The molecule has 2 aromatic rings. The van der Waals surface area contributed by atoms with Gasteiger partial charge in [0.05, 0.1) is 6.61 Å². The van der Waals surface area contributed by atoms with Gasteiger partial charge in [-0.25, -0.2) is 0 Å².